The van der Waals surface area contributed by atoms with Crippen molar-refractivity contribution < 1.29 is 9.53 Å². The van der Waals surface area contributed by atoms with Crippen LogP contribution in [0.4, 0.5) is 0 Å². The second-order valence-electron chi connectivity index (χ2n) is 7.22. The summed E-state index contributed by atoms with van der Waals surface area (Å²) in [5.41, 5.74) is 9.52. The van der Waals surface area contributed by atoms with Crippen LogP contribution in [0.5, 0.6) is 0 Å². The van der Waals surface area contributed by atoms with Gasteiger partial charge in [-0.1, -0.05) is 12.1 Å². The van der Waals surface area contributed by atoms with Crippen molar-refractivity contribution in [3.05, 3.63) is 64.5 Å². The summed E-state index contributed by atoms with van der Waals surface area (Å²) in [7, 11) is 1.44. The summed E-state index contributed by atoms with van der Waals surface area (Å²) in [5, 5.41) is 0. The molecule has 0 atom stereocenters. The number of benzene rings is 1. The highest BCUT2D eigenvalue weighted by molar-refractivity contribution is 5.93. The Morgan fingerprint density at radius 3 is 2.37 bits per heavy atom. The largest absolute Gasteiger partial charge is 0.465 e. The maximum atomic E-state index is 12.2. The molecule has 0 spiro atoms. The van der Waals surface area contributed by atoms with E-state index in [2.05, 4.69) is 37.0 Å². The number of nitrogens with one attached hydrogen (secondary N) is 1. The Morgan fingerprint density at radius 1 is 1.00 bits per heavy atom. The van der Waals surface area contributed by atoms with Crippen LogP contribution in [0.25, 0.3) is 22.5 Å². The minimum atomic E-state index is -0.250. The molecule has 0 aliphatic heterocycles. The third kappa shape index (κ3) is 3.16. The maximum Gasteiger partial charge on any atom is 0.338 e. The van der Waals surface area contributed by atoms with Crippen molar-refractivity contribution >= 4 is 5.97 Å². The Balaban J connectivity index is 1.84. The molecule has 1 aliphatic carbocycles. The van der Waals surface area contributed by atoms with Gasteiger partial charge in [-0.05, 0) is 74.9 Å². The quantitative estimate of drug-likeness (QED) is 0.667. The van der Waals surface area contributed by atoms with Crippen molar-refractivity contribution in [3.63, 3.8) is 0 Å². The number of aryl methyl sites for hydroxylation is 2. The van der Waals surface area contributed by atoms with E-state index in [1.807, 2.05) is 18.2 Å². The van der Waals surface area contributed by atoms with Crippen LogP contribution in [-0.2, 0) is 17.6 Å². The van der Waals surface area contributed by atoms with Gasteiger partial charge in [0.1, 0.15) is 0 Å². The molecule has 4 nitrogen and oxygen atoms in total. The molecule has 0 unspecified atom stereocenters. The first-order chi connectivity index (χ1) is 13.1. The lowest BCUT2D eigenvalue weighted by atomic mass is 9.84. The number of carbonyl (C=O) groups is 1. The fourth-order valence-electron chi connectivity index (χ4n) is 4.13. The molecule has 0 radical (unpaired) electrons. The lowest BCUT2D eigenvalue weighted by Crippen LogP contribution is -2.13. The van der Waals surface area contributed by atoms with Gasteiger partial charge in [0.15, 0.2) is 0 Å². The lowest BCUT2D eigenvalue weighted by molar-refractivity contribution is 0.0599. The van der Waals surface area contributed by atoms with Gasteiger partial charge in [-0.15, -0.1) is 0 Å². The third-order valence-electron chi connectivity index (χ3n) is 5.39. The number of hydrogen-bond donors (Lipinski definition) is 1. The number of hydrogen-bond acceptors (Lipinski definition) is 3. The predicted molar refractivity (Wildman–Crippen MR) is 107 cm³/mol. The van der Waals surface area contributed by atoms with Crippen molar-refractivity contribution in [1.29, 1.82) is 0 Å². The van der Waals surface area contributed by atoms with Gasteiger partial charge in [0.25, 0.3) is 0 Å². The molecule has 1 N–H and O–H groups in total. The molecule has 2 heterocycles. The second kappa shape index (κ2) is 7.03. The van der Waals surface area contributed by atoms with Crippen molar-refractivity contribution in [2.24, 2.45) is 0 Å². The minimum absolute atomic E-state index is 0.250. The Bertz CT molecular complexity index is 1020. The zero-order valence-corrected chi connectivity index (χ0v) is 16.1. The molecule has 0 fully saturated rings. The molecule has 4 rings (SSSR count). The van der Waals surface area contributed by atoms with E-state index in [1.54, 1.807) is 0 Å². The smallest absolute Gasteiger partial charge is 0.338 e. The normalized spacial score (nSPS) is 13.3. The summed E-state index contributed by atoms with van der Waals surface area (Å²) in [4.78, 5) is 20.5. The van der Waals surface area contributed by atoms with Gasteiger partial charge in [0.2, 0.25) is 0 Å². The molecule has 4 heteroatoms. The first-order valence-electron chi connectivity index (χ1n) is 9.45. The molecule has 0 amide bonds. The molecule has 1 aromatic carbocycles. The average Bonchev–Trinajstić information content (AvgIpc) is 3.04. The second-order valence-corrected chi connectivity index (χ2v) is 7.22. The number of esters is 1. The Morgan fingerprint density at radius 2 is 1.70 bits per heavy atom. The first kappa shape index (κ1) is 17.5. The highest BCUT2D eigenvalue weighted by Gasteiger charge is 2.22. The molecule has 1 aliphatic rings. The van der Waals surface area contributed by atoms with Crippen molar-refractivity contribution in [2.75, 3.05) is 7.11 Å². The number of H-pyrrole nitrogens is 1. The summed E-state index contributed by atoms with van der Waals surface area (Å²) in [6.07, 6.45) is 4.14. The standard InChI is InChI=1S/C23H24N2O2/c1-14-13-20(15(2)24-14)22-10-6-9-21(25-22)18-11-12-19(23(26)27-3)17-8-5-4-7-16(17)18/h6,9-13,24H,4-5,7-8H2,1-3H3. The fraction of sp³-hybridized carbons (Fsp3) is 0.304. The predicted octanol–water partition coefficient (Wildman–Crippen LogP) is 5.03. The number of carbonyl (C=O) groups excluding carboxylic acids is 1. The van der Waals surface area contributed by atoms with Gasteiger partial charge in [0, 0.05) is 22.5 Å². The summed E-state index contributed by atoms with van der Waals surface area (Å²) in [5.74, 6) is -0.250. The van der Waals surface area contributed by atoms with E-state index in [1.165, 1.54) is 12.7 Å². The monoisotopic (exact) mass is 360 g/mol. The number of aromatic amines is 1. The van der Waals surface area contributed by atoms with Crippen LogP contribution >= 0.6 is 0 Å². The van der Waals surface area contributed by atoms with Gasteiger partial charge >= 0.3 is 5.97 Å². The number of rotatable bonds is 3. The first-order valence-corrected chi connectivity index (χ1v) is 9.45. The zero-order chi connectivity index (χ0) is 19.0. The molecule has 0 saturated heterocycles. The van der Waals surface area contributed by atoms with Crippen LogP contribution in [0.2, 0.25) is 0 Å². The molecule has 0 bridgehead atoms. The maximum absolute atomic E-state index is 12.2. The summed E-state index contributed by atoms with van der Waals surface area (Å²) >= 11 is 0. The third-order valence-corrected chi connectivity index (χ3v) is 5.39. The topological polar surface area (TPSA) is 55.0 Å². The summed E-state index contributed by atoms with van der Waals surface area (Å²) < 4.78 is 4.98. The molecule has 0 saturated carbocycles. The molecule has 2 aromatic heterocycles. The van der Waals surface area contributed by atoms with E-state index in [-0.39, 0.29) is 5.97 Å². The molecular formula is C23H24N2O2. The van der Waals surface area contributed by atoms with Crippen LogP contribution < -0.4 is 0 Å². The summed E-state index contributed by atoms with van der Waals surface area (Å²) in [6.45, 7) is 4.13. The number of pyridine rings is 1. The van der Waals surface area contributed by atoms with E-state index in [4.69, 9.17) is 9.72 Å². The number of methoxy groups -OCH3 is 1. The molecule has 27 heavy (non-hydrogen) atoms. The van der Waals surface area contributed by atoms with Crippen LogP contribution in [-0.4, -0.2) is 23.0 Å². The fourth-order valence-corrected chi connectivity index (χ4v) is 4.13. The van der Waals surface area contributed by atoms with Crippen molar-refractivity contribution in [1.82, 2.24) is 9.97 Å². The zero-order valence-electron chi connectivity index (χ0n) is 16.1. The summed E-state index contributed by atoms with van der Waals surface area (Å²) in [6, 6.07) is 12.2. The van der Waals surface area contributed by atoms with Crippen LogP contribution in [0.15, 0.2) is 36.4 Å². The number of nitrogens with zero attached hydrogens (tertiary/aromatic N) is 1. The van der Waals surface area contributed by atoms with E-state index in [0.29, 0.717) is 5.56 Å². The van der Waals surface area contributed by atoms with Gasteiger partial charge in [-0.2, -0.15) is 0 Å². The highest BCUT2D eigenvalue weighted by atomic mass is 16.5. The number of ether oxygens (including phenoxy) is 1. The molecule has 138 valence electrons. The van der Waals surface area contributed by atoms with Gasteiger partial charge in [-0.3, -0.25) is 0 Å². The average molecular weight is 360 g/mol. The Hall–Kier alpha value is -2.88. The van der Waals surface area contributed by atoms with Crippen molar-refractivity contribution in [3.8, 4) is 22.5 Å². The van der Waals surface area contributed by atoms with E-state index in [9.17, 15) is 4.79 Å². The van der Waals surface area contributed by atoms with Gasteiger partial charge in [0.05, 0.1) is 24.1 Å². The Kier molecular flexibility index (Phi) is 4.56. The lowest BCUT2D eigenvalue weighted by Gasteiger charge is -2.22. The van der Waals surface area contributed by atoms with E-state index in [0.717, 1.165) is 65.1 Å². The minimum Gasteiger partial charge on any atom is -0.465 e. The van der Waals surface area contributed by atoms with Crippen LogP contribution in [0.1, 0.15) is 45.7 Å². The molecule has 3 aromatic rings. The highest BCUT2D eigenvalue weighted by Crippen LogP contribution is 2.34. The number of fused-ring (bicyclic) bond motifs is 1. The SMILES string of the molecule is COC(=O)c1ccc(-c2cccc(-c3cc(C)[nH]c3C)n2)c2c1CCCC2. The Labute approximate surface area is 159 Å². The van der Waals surface area contributed by atoms with Crippen LogP contribution in [0, 0.1) is 13.8 Å². The van der Waals surface area contributed by atoms with Gasteiger partial charge < -0.3 is 9.72 Å². The van der Waals surface area contributed by atoms with E-state index < -0.39 is 0 Å². The van der Waals surface area contributed by atoms with Gasteiger partial charge in [-0.25, -0.2) is 9.78 Å². The van der Waals surface area contributed by atoms with Crippen molar-refractivity contribution in [2.45, 2.75) is 39.5 Å². The van der Waals surface area contributed by atoms with E-state index >= 15 is 0 Å². The van der Waals surface area contributed by atoms with Crippen LogP contribution in [0.3, 0.4) is 0 Å². The molecular weight excluding hydrogens is 336 g/mol. The number of aromatic nitrogens is 2.